The standard InChI is InChI=1S/C5H7FO/c1-2-3-4-5(6)7/h5,7H,4H2,1H3. The van der Waals surface area contributed by atoms with E-state index in [1.165, 1.54) is 0 Å². The molecule has 0 aliphatic carbocycles. The van der Waals surface area contributed by atoms with Crippen LogP contribution in [-0.2, 0) is 0 Å². The van der Waals surface area contributed by atoms with E-state index in [-0.39, 0.29) is 6.42 Å². The second-order valence-electron chi connectivity index (χ2n) is 1.07. The van der Waals surface area contributed by atoms with Crippen LogP contribution in [0.4, 0.5) is 4.39 Å². The Hall–Kier alpha value is -0.550. The number of alkyl halides is 1. The smallest absolute Gasteiger partial charge is 0.207 e. The fourth-order valence-electron chi connectivity index (χ4n) is 0.186. The highest BCUT2D eigenvalue weighted by atomic mass is 19.1. The maximum absolute atomic E-state index is 11.3. The summed E-state index contributed by atoms with van der Waals surface area (Å²) >= 11 is 0. The Morgan fingerprint density at radius 1 is 1.86 bits per heavy atom. The van der Waals surface area contributed by atoms with Crippen LogP contribution >= 0.6 is 0 Å². The molecule has 0 aliphatic rings. The van der Waals surface area contributed by atoms with E-state index < -0.39 is 6.36 Å². The SMILES string of the molecule is CC#CCC(O)F. The van der Waals surface area contributed by atoms with Gasteiger partial charge in [-0.05, 0) is 6.92 Å². The monoisotopic (exact) mass is 102 g/mol. The van der Waals surface area contributed by atoms with Crippen molar-refractivity contribution >= 4 is 0 Å². The first-order valence-electron chi connectivity index (χ1n) is 1.99. The van der Waals surface area contributed by atoms with Crippen LogP contribution in [0.25, 0.3) is 0 Å². The summed E-state index contributed by atoms with van der Waals surface area (Å²) < 4.78 is 11.3. The normalized spacial score (nSPS) is 11.9. The van der Waals surface area contributed by atoms with Crippen molar-refractivity contribution in [1.29, 1.82) is 0 Å². The largest absolute Gasteiger partial charge is 0.363 e. The molecule has 0 aromatic heterocycles. The van der Waals surface area contributed by atoms with Crippen LogP contribution in [0, 0.1) is 11.8 Å². The van der Waals surface area contributed by atoms with Crippen molar-refractivity contribution in [2.45, 2.75) is 19.7 Å². The number of hydrogen-bond acceptors (Lipinski definition) is 1. The van der Waals surface area contributed by atoms with Gasteiger partial charge in [-0.2, -0.15) is 0 Å². The fourth-order valence-corrected chi connectivity index (χ4v) is 0.186. The summed E-state index contributed by atoms with van der Waals surface area (Å²) in [5.41, 5.74) is 0. The van der Waals surface area contributed by atoms with E-state index in [4.69, 9.17) is 5.11 Å². The average molecular weight is 102 g/mol. The molecule has 40 valence electrons. The van der Waals surface area contributed by atoms with Gasteiger partial charge in [-0.3, -0.25) is 0 Å². The Bertz CT molecular complexity index is 88.0. The minimum absolute atomic E-state index is 0.0729. The quantitative estimate of drug-likeness (QED) is 0.483. The third kappa shape index (κ3) is 5.45. The zero-order valence-electron chi connectivity index (χ0n) is 4.11. The molecule has 7 heavy (non-hydrogen) atoms. The lowest BCUT2D eigenvalue weighted by Gasteiger charge is -1.86. The molecule has 0 aromatic rings. The molecule has 2 heteroatoms. The van der Waals surface area contributed by atoms with E-state index in [9.17, 15) is 4.39 Å². The lowest BCUT2D eigenvalue weighted by molar-refractivity contribution is 0.0474. The summed E-state index contributed by atoms with van der Waals surface area (Å²) in [6, 6.07) is 0. The molecular formula is C5H7FO. The first-order valence-corrected chi connectivity index (χ1v) is 1.99. The van der Waals surface area contributed by atoms with Crippen LogP contribution in [0.2, 0.25) is 0 Å². The molecule has 0 saturated carbocycles. The molecule has 0 saturated heterocycles. The molecule has 0 heterocycles. The second kappa shape index (κ2) is 3.63. The lowest BCUT2D eigenvalue weighted by atomic mass is 10.4. The van der Waals surface area contributed by atoms with Gasteiger partial charge >= 0.3 is 0 Å². The first kappa shape index (κ1) is 6.45. The van der Waals surface area contributed by atoms with Gasteiger partial charge in [0.2, 0.25) is 6.36 Å². The molecular weight excluding hydrogens is 95.1 g/mol. The van der Waals surface area contributed by atoms with Gasteiger partial charge in [0.15, 0.2) is 0 Å². The first-order chi connectivity index (χ1) is 3.27. The number of halogens is 1. The Morgan fingerprint density at radius 2 is 2.43 bits per heavy atom. The van der Waals surface area contributed by atoms with Crippen molar-refractivity contribution in [3.63, 3.8) is 0 Å². The topological polar surface area (TPSA) is 20.2 Å². The van der Waals surface area contributed by atoms with Crippen molar-refractivity contribution < 1.29 is 9.50 Å². The predicted molar refractivity (Wildman–Crippen MR) is 25.2 cm³/mol. The zero-order chi connectivity index (χ0) is 5.70. The minimum atomic E-state index is -1.77. The summed E-state index contributed by atoms with van der Waals surface area (Å²) in [6.45, 7) is 1.60. The molecule has 0 aliphatic heterocycles. The van der Waals surface area contributed by atoms with Crippen molar-refractivity contribution in [2.75, 3.05) is 0 Å². The second-order valence-corrected chi connectivity index (χ2v) is 1.07. The lowest BCUT2D eigenvalue weighted by Crippen LogP contribution is -1.92. The van der Waals surface area contributed by atoms with Gasteiger partial charge in [0, 0.05) is 0 Å². The summed E-state index contributed by atoms with van der Waals surface area (Å²) in [5.74, 6) is 4.82. The third-order valence-corrected chi connectivity index (χ3v) is 0.447. The average Bonchev–Trinajstić information content (AvgIpc) is 1.61. The summed E-state index contributed by atoms with van der Waals surface area (Å²) in [4.78, 5) is 0. The molecule has 0 fully saturated rings. The number of hydrogen-bond donors (Lipinski definition) is 1. The molecule has 0 bridgehead atoms. The summed E-state index contributed by atoms with van der Waals surface area (Å²) in [5, 5.41) is 7.91. The van der Waals surface area contributed by atoms with Crippen molar-refractivity contribution in [1.82, 2.24) is 0 Å². The third-order valence-electron chi connectivity index (χ3n) is 0.447. The fraction of sp³-hybridized carbons (Fsp3) is 0.600. The van der Waals surface area contributed by atoms with Gasteiger partial charge in [-0.25, -0.2) is 4.39 Å². The molecule has 0 aromatic carbocycles. The van der Waals surface area contributed by atoms with Crippen LogP contribution in [0.5, 0.6) is 0 Å². The summed E-state index contributed by atoms with van der Waals surface area (Å²) in [7, 11) is 0. The molecule has 0 spiro atoms. The minimum Gasteiger partial charge on any atom is -0.363 e. The summed E-state index contributed by atoms with van der Waals surface area (Å²) in [6.07, 6.45) is -1.84. The van der Waals surface area contributed by atoms with E-state index in [0.717, 1.165) is 0 Å². The van der Waals surface area contributed by atoms with E-state index in [0.29, 0.717) is 0 Å². The van der Waals surface area contributed by atoms with Crippen LogP contribution in [0.15, 0.2) is 0 Å². The number of rotatable bonds is 1. The van der Waals surface area contributed by atoms with E-state index in [1.54, 1.807) is 6.92 Å². The van der Waals surface area contributed by atoms with Crippen molar-refractivity contribution in [3.05, 3.63) is 0 Å². The highest BCUT2D eigenvalue weighted by Crippen LogP contribution is 1.87. The predicted octanol–water partition coefficient (Wildman–Crippen LogP) is 0.688. The van der Waals surface area contributed by atoms with E-state index in [1.807, 2.05) is 0 Å². The number of aliphatic hydroxyl groups is 1. The molecule has 0 amide bonds. The van der Waals surface area contributed by atoms with Gasteiger partial charge in [0.1, 0.15) is 0 Å². The molecule has 1 N–H and O–H groups in total. The van der Waals surface area contributed by atoms with E-state index in [2.05, 4.69) is 11.8 Å². The Morgan fingerprint density at radius 3 is 2.57 bits per heavy atom. The van der Waals surface area contributed by atoms with Gasteiger partial charge in [0.05, 0.1) is 6.42 Å². The van der Waals surface area contributed by atoms with E-state index >= 15 is 0 Å². The highest BCUT2D eigenvalue weighted by molar-refractivity contribution is 4.95. The van der Waals surface area contributed by atoms with Crippen molar-refractivity contribution in [3.8, 4) is 11.8 Å². The van der Waals surface area contributed by atoms with Crippen LogP contribution < -0.4 is 0 Å². The molecule has 0 radical (unpaired) electrons. The van der Waals surface area contributed by atoms with Gasteiger partial charge in [-0.1, -0.05) is 5.92 Å². The Kier molecular flexibility index (Phi) is 3.35. The van der Waals surface area contributed by atoms with Crippen LogP contribution in [0.1, 0.15) is 13.3 Å². The molecule has 0 rings (SSSR count). The zero-order valence-corrected chi connectivity index (χ0v) is 4.11. The molecule has 1 nitrogen and oxygen atoms in total. The van der Waals surface area contributed by atoms with Gasteiger partial charge < -0.3 is 5.11 Å². The Balaban J connectivity index is 3.08. The van der Waals surface area contributed by atoms with Gasteiger partial charge in [0.25, 0.3) is 0 Å². The van der Waals surface area contributed by atoms with Crippen LogP contribution in [-0.4, -0.2) is 11.5 Å². The number of aliphatic hydroxyl groups excluding tert-OH is 1. The highest BCUT2D eigenvalue weighted by Gasteiger charge is 1.91. The maximum atomic E-state index is 11.3. The van der Waals surface area contributed by atoms with Crippen molar-refractivity contribution in [2.24, 2.45) is 0 Å². The molecule has 1 unspecified atom stereocenters. The maximum Gasteiger partial charge on any atom is 0.207 e. The Labute approximate surface area is 42.2 Å². The molecule has 1 atom stereocenters. The van der Waals surface area contributed by atoms with Gasteiger partial charge in [-0.15, -0.1) is 5.92 Å². The van der Waals surface area contributed by atoms with Crippen LogP contribution in [0.3, 0.4) is 0 Å².